The lowest BCUT2D eigenvalue weighted by Gasteiger charge is -2.21. The molecule has 0 aromatic carbocycles. The van der Waals surface area contributed by atoms with E-state index >= 15 is 0 Å². The molecule has 1 aliphatic heterocycles. The van der Waals surface area contributed by atoms with Gasteiger partial charge in [0.05, 0.1) is 11.7 Å². The van der Waals surface area contributed by atoms with Gasteiger partial charge in [0.15, 0.2) is 0 Å². The maximum Gasteiger partial charge on any atom is 0.221 e. The predicted molar refractivity (Wildman–Crippen MR) is 63.0 cm³/mol. The van der Waals surface area contributed by atoms with Crippen molar-refractivity contribution < 1.29 is 9.13 Å². The number of nitrogens with zero attached hydrogens (tertiary/aromatic N) is 1. The Morgan fingerprint density at radius 2 is 2.13 bits per heavy atom. The predicted octanol–water partition coefficient (Wildman–Crippen LogP) is 3.10. The van der Waals surface area contributed by atoms with E-state index in [1.807, 2.05) is 0 Å². The summed E-state index contributed by atoms with van der Waals surface area (Å²) in [6.45, 7) is 0. The van der Waals surface area contributed by atoms with Gasteiger partial charge in [-0.3, -0.25) is 0 Å². The number of methoxy groups -OCH3 is 1. The summed E-state index contributed by atoms with van der Waals surface area (Å²) in [5.74, 6) is 2.13. The summed E-state index contributed by atoms with van der Waals surface area (Å²) in [7, 11) is 1.49. The molecular formula is C10H12FNOS2. The lowest BCUT2D eigenvalue weighted by molar-refractivity contribution is 0.386. The standard InChI is InChI=1S/C10H12FNOS2/c1-13-8-4-3-7(9(11)12-8)10-14-5-2-6-15-10/h3-4,10H,2,5-6H2,1H3. The van der Waals surface area contributed by atoms with E-state index in [1.54, 1.807) is 35.7 Å². The first-order valence-electron chi connectivity index (χ1n) is 4.75. The molecule has 0 atom stereocenters. The average molecular weight is 245 g/mol. The minimum absolute atomic E-state index is 0.192. The molecule has 1 aliphatic rings. The highest BCUT2D eigenvalue weighted by Gasteiger charge is 2.20. The van der Waals surface area contributed by atoms with Gasteiger partial charge in [0.25, 0.3) is 0 Å². The molecule has 1 aromatic heterocycles. The molecule has 1 fully saturated rings. The lowest BCUT2D eigenvalue weighted by atomic mass is 10.3. The zero-order valence-electron chi connectivity index (χ0n) is 8.40. The number of hydrogen-bond acceptors (Lipinski definition) is 4. The molecule has 2 heterocycles. The topological polar surface area (TPSA) is 22.1 Å². The third-order valence-corrected chi connectivity index (χ3v) is 5.12. The van der Waals surface area contributed by atoms with Crippen molar-refractivity contribution in [1.29, 1.82) is 0 Å². The molecule has 0 aliphatic carbocycles. The van der Waals surface area contributed by atoms with Crippen molar-refractivity contribution in [3.05, 3.63) is 23.6 Å². The van der Waals surface area contributed by atoms with Crippen LogP contribution in [0.3, 0.4) is 0 Å². The fraction of sp³-hybridized carbons (Fsp3) is 0.500. The summed E-state index contributed by atoms with van der Waals surface area (Å²) in [5, 5.41) is 0. The number of ether oxygens (including phenoxy) is 1. The minimum atomic E-state index is -0.402. The second-order valence-electron chi connectivity index (χ2n) is 3.16. The van der Waals surface area contributed by atoms with Crippen LogP contribution in [0.25, 0.3) is 0 Å². The molecule has 0 N–H and O–H groups in total. The number of rotatable bonds is 2. The summed E-state index contributed by atoms with van der Waals surface area (Å²) >= 11 is 3.57. The van der Waals surface area contributed by atoms with Crippen LogP contribution in [-0.4, -0.2) is 23.6 Å². The van der Waals surface area contributed by atoms with Crippen LogP contribution in [0, 0.1) is 5.95 Å². The summed E-state index contributed by atoms with van der Waals surface area (Å²) in [6.07, 6.45) is 1.21. The Labute approximate surface area is 97.0 Å². The van der Waals surface area contributed by atoms with E-state index in [0.29, 0.717) is 11.4 Å². The molecule has 0 amide bonds. The van der Waals surface area contributed by atoms with E-state index < -0.39 is 5.95 Å². The molecule has 0 unspecified atom stereocenters. The Kier molecular flexibility index (Phi) is 3.75. The van der Waals surface area contributed by atoms with Crippen LogP contribution in [0.1, 0.15) is 16.6 Å². The molecule has 1 aromatic rings. The van der Waals surface area contributed by atoms with Crippen molar-refractivity contribution in [2.24, 2.45) is 0 Å². The third kappa shape index (κ3) is 2.58. The Bertz CT molecular complexity index is 342. The Morgan fingerprint density at radius 1 is 1.40 bits per heavy atom. The van der Waals surface area contributed by atoms with E-state index in [1.165, 1.54) is 13.5 Å². The number of halogens is 1. The van der Waals surface area contributed by atoms with Gasteiger partial charge in [0.2, 0.25) is 11.8 Å². The maximum absolute atomic E-state index is 13.6. The van der Waals surface area contributed by atoms with Crippen LogP contribution in [0.4, 0.5) is 4.39 Å². The van der Waals surface area contributed by atoms with E-state index in [-0.39, 0.29) is 4.58 Å². The molecule has 0 spiro atoms. The molecule has 0 saturated carbocycles. The highest BCUT2D eigenvalue weighted by molar-refractivity contribution is 8.16. The van der Waals surface area contributed by atoms with E-state index in [9.17, 15) is 4.39 Å². The highest BCUT2D eigenvalue weighted by Crippen LogP contribution is 2.44. The summed E-state index contributed by atoms with van der Waals surface area (Å²) in [4.78, 5) is 3.75. The first-order valence-corrected chi connectivity index (χ1v) is 6.84. The van der Waals surface area contributed by atoms with Crippen LogP contribution in [0.2, 0.25) is 0 Å². The van der Waals surface area contributed by atoms with E-state index in [0.717, 1.165) is 11.5 Å². The number of aromatic nitrogens is 1. The molecule has 2 rings (SSSR count). The van der Waals surface area contributed by atoms with Gasteiger partial charge in [0.1, 0.15) is 0 Å². The summed E-state index contributed by atoms with van der Waals surface area (Å²) in [6, 6.07) is 3.49. The normalized spacial score (nSPS) is 17.7. The van der Waals surface area contributed by atoms with Gasteiger partial charge in [-0.15, -0.1) is 23.5 Å². The van der Waals surface area contributed by atoms with Crippen LogP contribution >= 0.6 is 23.5 Å². The third-order valence-electron chi connectivity index (χ3n) is 2.14. The molecule has 2 nitrogen and oxygen atoms in total. The van der Waals surface area contributed by atoms with Crippen molar-refractivity contribution in [1.82, 2.24) is 4.98 Å². The van der Waals surface area contributed by atoms with Crippen molar-refractivity contribution in [3.8, 4) is 5.88 Å². The molecule has 0 bridgehead atoms. The fourth-order valence-corrected chi connectivity index (χ4v) is 4.29. The summed E-state index contributed by atoms with van der Waals surface area (Å²) < 4.78 is 18.7. The maximum atomic E-state index is 13.6. The van der Waals surface area contributed by atoms with Crippen LogP contribution in [0.5, 0.6) is 5.88 Å². The van der Waals surface area contributed by atoms with Crippen LogP contribution in [0.15, 0.2) is 12.1 Å². The molecule has 1 saturated heterocycles. The Hall–Kier alpha value is -0.420. The monoisotopic (exact) mass is 245 g/mol. The quantitative estimate of drug-likeness (QED) is 0.746. The van der Waals surface area contributed by atoms with Crippen molar-refractivity contribution >= 4 is 23.5 Å². The van der Waals surface area contributed by atoms with Gasteiger partial charge < -0.3 is 4.74 Å². The van der Waals surface area contributed by atoms with Gasteiger partial charge >= 0.3 is 0 Å². The second kappa shape index (κ2) is 5.07. The van der Waals surface area contributed by atoms with Crippen molar-refractivity contribution in [2.75, 3.05) is 18.6 Å². The number of pyridine rings is 1. The highest BCUT2D eigenvalue weighted by atomic mass is 32.2. The van der Waals surface area contributed by atoms with Gasteiger partial charge in [-0.2, -0.15) is 9.37 Å². The van der Waals surface area contributed by atoms with E-state index in [2.05, 4.69) is 4.98 Å². The fourth-order valence-electron chi connectivity index (χ4n) is 1.39. The minimum Gasteiger partial charge on any atom is -0.481 e. The summed E-state index contributed by atoms with van der Waals surface area (Å²) in [5.41, 5.74) is 0.686. The molecule has 82 valence electrons. The van der Waals surface area contributed by atoms with Gasteiger partial charge in [0, 0.05) is 11.6 Å². The van der Waals surface area contributed by atoms with Crippen molar-refractivity contribution in [2.45, 2.75) is 11.0 Å². The Balaban J connectivity index is 2.19. The molecule has 15 heavy (non-hydrogen) atoms. The lowest BCUT2D eigenvalue weighted by Crippen LogP contribution is -2.04. The Morgan fingerprint density at radius 3 is 2.73 bits per heavy atom. The smallest absolute Gasteiger partial charge is 0.221 e. The van der Waals surface area contributed by atoms with Crippen molar-refractivity contribution in [3.63, 3.8) is 0 Å². The molecule has 0 radical (unpaired) electrons. The zero-order chi connectivity index (χ0) is 10.7. The van der Waals surface area contributed by atoms with Gasteiger partial charge in [-0.1, -0.05) is 0 Å². The largest absolute Gasteiger partial charge is 0.481 e. The van der Waals surface area contributed by atoms with Crippen LogP contribution < -0.4 is 4.74 Å². The van der Waals surface area contributed by atoms with Gasteiger partial charge in [-0.25, -0.2) is 0 Å². The average Bonchev–Trinajstić information content (AvgIpc) is 2.30. The molecular weight excluding hydrogens is 233 g/mol. The number of thioether (sulfide) groups is 2. The molecule has 5 heteroatoms. The first kappa shape index (κ1) is 11.1. The second-order valence-corrected chi connectivity index (χ2v) is 5.89. The number of hydrogen-bond donors (Lipinski definition) is 0. The first-order chi connectivity index (χ1) is 7.31. The van der Waals surface area contributed by atoms with E-state index in [4.69, 9.17) is 4.74 Å². The van der Waals surface area contributed by atoms with Gasteiger partial charge in [-0.05, 0) is 24.0 Å². The SMILES string of the molecule is COc1ccc(C2SCCCS2)c(F)n1. The zero-order valence-corrected chi connectivity index (χ0v) is 10.0. The van der Waals surface area contributed by atoms with Crippen LogP contribution in [-0.2, 0) is 0 Å².